The summed E-state index contributed by atoms with van der Waals surface area (Å²) in [5, 5.41) is 0. The zero-order chi connectivity index (χ0) is 49.8. The summed E-state index contributed by atoms with van der Waals surface area (Å²) in [6, 6.07) is 0. The third-order valence-electron chi connectivity index (χ3n) is 16.9. The van der Waals surface area contributed by atoms with Crippen molar-refractivity contribution in [2.45, 2.75) is 413 Å². The van der Waals surface area contributed by atoms with E-state index in [1.807, 2.05) is 0 Å². The van der Waals surface area contributed by atoms with Crippen LogP contribution in [-0.2, 0) is 0 Å². The first-order valence-electron chi connectivity index (χ1n) is 34.1. The molecule has 0 fully saturated rings. The van der Waals surface area contributed by atoms with Gasteiger partial charge in [0, 0.05) is 0 Å². The quantitative estimate of drug-likeness (QED) is 0.0421. The number of nitrogens with zero attached hydrogens (tertiary/aromatic N) is 1. The average Bonchev–Trinajstić information content (AvgIpc) is 3.36. The molecule has 0 aromatic heterocycles. The van der Waals surface area contributed by atoms with Crippen LogP contribution in [0.5, 0.6) is 0 Å². The Kier molecular flexibility index (Phi) is 62.2. The summed E-state index contributed by atoms with van der Waals surface area (Å²) in [5.41, 5.74) is 0. The molecule has 1 nitrogen and oxygen atoms in total. The van der Waals surface area contributed by atoms with Crippen molar-refractivity contribution in [1.82, 2.24) is 0 Å². The third kappa shape index (κ3) is 57.1. The second-order valence-electron chi connectivity index (χ2n) is 24.0. The minimum atomic E-state index is 1.37. The van der Waals surface area contributed by atoms with Crippen LogP contribution in [0.3, 0.4) is 0 Å². The van der Waals surface area contributed by atoms with Gasteiger partial charge in [-0.15, -0.1) is 0 Å². The maximum Gasteiger partial charge on any atom is 0.0786 e. The Morgan fingerprint density at radius 1 is 0.116 bits per heavy atom. The zero-order valence-corrected chi connectivity index (χ0v) is 49.7. The molecule has 0 unspecified atom stereocenters. The molecule has 0 aromatic rings. The molecule has 0 aromatic carbocycles. The van der Waals surface area contributed by atoms with E-state index in [9.17, 15) is 0 Å². The van der Waals surface area contributed by atoms with Crippen LogP contribution >= 0.6 is 0 Å². The summed E-state index contributed by atoms with van der Waals surface area (Å²) in [5.74, 6) is 0. The highest BCUT2D eigenvalue weighted by atomic mass is 15.3. The molecule has 1 heteroatoms. The van der Waals surface area contributed by atoms with E-state index in [1.54, 1.807) is 0 Å². The van der Waals surface area contributed by atoms with Crippen LogP contribution < -0.4 is 0 Å². The number of quaternary nitrogens is 1. The Hall–Kier alpha value is -0.0400. The van der Waals surface area contributed by atoms with Crippen molar-refractivity contribution in [2.24, 2.45) is 0 Å². The van der Waals surface area contributed by atoms with Gasteiger partial charge in [0.05, 0.1) is 26.2 Å². The van der Waals surface area contributed by atoms with Gasteiger partial charge in [-0.1, -0.05) is 362 Å². The van der Waals surface area contributed by atoms with Gasteiger partial charge in [0.15, 0.2) is 0 Å². The lowest BCUT2D eigenvalue weighted by Crippen LogP contribution is -2.50. The molecule has 0 saturated heterocycles. The van der Waals surface area contributed by atoms with Crippen LogP contribution in [0.15, 0.2) is 0 Å². The lowest BCUT2D eigenvalue weighted by Gasteiger charge is -2.40. The summed E-state index contributed by atoms with van der Waals surface area (Å²) in [4.78, 5) is 0. The molecule has 0 radical (unpaired) electrons. The molecule has 0 amide bonds. The Balaban J connectivity index is 4.94. The molecular weight excluding hydrogens is 831 g/mol. The van der Waals surface area contributed by atoms with E-state index >= 15 is 0 Å². The second kappa shape index (κ2) is 62.3. The van der Waals surface area contributed by atoms with E-state index in [1.165, 1.54) is 416 Å². The summed E-state index contributed by atoms with van der Waals surface area (Å²) in [6.45, 7) is 15.3. The predicted molar refractivity (Wildman–Crippen MR) is 319 cm³/mol. The highest BCUT2D eigenvalue weighted by Gasteiger charge is 2.26. The van der Waals surface area contributed by atoms with Crippen LogP contribution in [0.25, 0.3) is 0 Å². The van der Waals surface area contributed by atoms with Crippen LogP contribution in [0.1, 0.15) is 413 Å². The van der Waals surface area contributed by atoms with E-state index in [0.717, 1.165) is 0 Å². The Labute approximate surface area is 441 Å². The lowest BCUT2D eigenvalue weighted by atomic mass is 10.0. The molecule has 0 aliphatic carbocycles. The second-order valence-corrected chi connectivity index (χ2v) is 24.0. The van der Waals surface area contributed by atoms with E-state index in [2.05, 4.69) is 27.7 Å². The van der Waals surface area contributed by atoms with E-state index < -0.39 is 0 Å². The Morgan fingerprint density at radius 2 is 0.203 bits per heavy atom. The van der Waals surface area contributed by atoms with Crippen LogP contribution in [0.2, 0.25) is 0 Å². The molecular formula is C68H140N+. The molecule has 0 bridgehead atoms. The van der Waals surface area contributed by atoms with Crippen molar-refractivity contribution in [2.75, 3.05) is 26.2 Å². The fourth-order valence-electron chi connectivity index (χ4n) is 11.9. The lowest BCUT2D eigenvalue weighted by molar-refractivity contribution is -0.929. The fraction of sp³-hybridized carbons (Fsp3) is 1.00. The first kappa shape index (κ1) is 69.0. The van der Waals surface area contributed by atoms with Gasteiger partial charge in [-0.3, -0.25) is 0 Å². The van der Waals surface area contributed by atoms with Crippen molar-refractivity contribution < 1.29 is 4.48 Å². The van der Waals surface area contributed by atoms with E-state index in [-0.39, 0.29) is 0 Å². The van der Waals surface area contributed by atoms with Crippen LogP contribution in [0.4, 0.5) is 0 Å². The molecule has 0 atom stereocenters. The highest BCUT2D eigenvalue weighted by Crippen LogP contribution is 2.23. The van der Waals surface area contributed by atoms with Crippen molar-refractivity contribution in [3.8, 4) is 0 Å². The van der Waals surface area contributed by atoms with Crippen LogP contribution in [0, 0.1) is 0 Å². The highest BCUT2D eigenvalue weighted by molar-refractivity contribution is 4.58. The van der Waals surface area contributed by atoms with Crippen LogP contribution in [-0.4, -0.2) is 30.7 Å². The summed E-state index contributed by atoms with van der Waals surface area (Å²) in [6.07, 6.45) is 88.7. The van der Waals surface area contributed by atoms with Crippen molar-refractivity contribution in [3.63, 3.8) is 0 Å². The Bertz CT molecular complexity index is 794. The number of rotatable bonds is 64. The van der Waals surface area contributed by atoms with Crippen molar-refractivity contribution >= 4 is 0 Å². The van der Waals surface area contributed by atoms with Gasteiger partial charge in [-0.25, -0.2) is 0 Å². The third-order valence-corrected chi connectivity index (χ3v) is 16.9. The minimum Gasteiger partial charge on any atom is -0.324 e. The van der Waals surface area contributed by atoms with Gasteiger partial charge in [0.2, 0.25) is 0 Å². The average molecular weight is 972 g/mol. The smallest absolute Gasteiger partial charge is 0.0786 e. The molecule has 416 valence electrons. The largest absolute Gasteiger partial charge is 0.324 e. The molecule has 0 aliphatic heterocycles. The molecule has 69 heavy (non-hydrogen) atoms. The topological polar surface area (TPSA) is 0 Å². The van der Waals surface area contributed by atoms with Gasteiger partial charge in [-0.05, 0) is 51.4 Å². The van der Waals surface area contributed by atoms with E-state index in [0.29, 0.717) is 0 Å². The molecule has 0 rings (SSSR count). The maximum atomic E-state index is 2.34. The number of unbranched alkanes of at least 4 members (excludes halogenated alkanes) is 56. The fourth-order valence-corrected chi connectivity index (χ4v) is 11.9. The molecule has 0 spiro atoms. The Morgan fingerprint density at radius 3 is 0.304 bits per heavy atom. The van der Waals surface area contributed by atoms with Gasteiger partial charge in [-0.2, -0.15) is 0 Å². The SMILES string of the molecule is CCCCCCCCCCCCCCCCCC[N+](CCCCCCCCCCCCCCCC)(CCCCCCCCCCCCCCCC)CCCCCCCCCCCCCCCCCC. The number of hydrogen-bond acceptors (Lipinski definition) is 0. The van der Waals surface area contributed by atoms with Gasteiger partial charge in [0.25, 0.3) is 0 Å². The molecule has 0 heterocycles. The first-order valence-corrected chi connectivity index (χ1v) is 34.1. The normalized spacial score (nSPS) is 12.0. The van der Waals surface area contributed by atoms with Gasteiger partial charge in [0.1, 0.15) is 0 Å². The zero-order valence-electron chi connectivity index (χ0n) is 49.7. The van der Waals surface area contributed by atoms with Gasteiger partial charge >= 0.3 is 0 Å². The van der Waals surface area contributed by atoms with Crippen molar-refractivity contribution in [3.05, 3.63) is 0 Å². The number of hydrogen-bond donors (Lipinski definition) is 0. The van der Waals surface area contributed by atoms with Gasteiger partial charge < -0.3 is 4.48 Å². The monoisotopic (exact) mass is 971 g/mol. The van der Waals surface area contributed by atoms with E-state index in [4.69, 9.17) is 0 Å². The summed E-state index contributed by atoms with van der Waals surface area (Å²) in [7, 11) is 0. The molecule has 0 saturated carbocycles. The predicted octanol–water partition coefficient (Wildman–Crippen LogP) is 25.3. The summed E-state index contributed by atoms with van der Waals surface area (Å²) < 4.78 is 1.49. The molecule has 0 N–H and O–H groups in total. The van der Waals surface area contributed by atoms with Crippen molar-refractivity contribution in [1.29, 1.82) is 0 Å². The minimum absolute atomic E-state index is 1.37. The first-order chi connectivity index (χ1) is 34.2. The summed E-state index contributed by atoms with van der Waals surface area (Å²) >= 11 is 0. The maximum absolute atomic E-state index is 2.34. The molecule has 0 aliphatic rings. The standard InChI is InChI=1S/C68H140N/c1-5-9-13-17-21-25-29-33-37-39-43-47-51-55-59-63-67-69(65-61-57-53-49-45-41-35-31-27-23-19-15-11-7-3,66-62-58-54-50-46-42-36-32-28-24-20-16-12-8-4)68-64-60-56-52-48-44-40-38-34-30-26-22-18-14-10-6-2/h5-68H2,1-4H3/q+1.